The minimum absolute atomic E-state index is 0.328. The fourth-order valence-electron chi connectivity index (χ4n) is 3.70. The Morgan fingerprint density at radius 3 is 2.37 bits per heavy atom. The van der Waals surface area contributed by atoms with Gasteiger partial charge >= 0.3 is 0 Å². The van der Waals surface area contributed by atoms with Gasteiger partial charge in [0, 0.05) is 32.4 Å². The lowest BCUT2D eigenvalue weighted by Gasteiger charge is -2.07. The third-order valence-electron chi connectivity index (χ3n) is 5.69. The highest BCUT2D eigenvalue weighted by Gasteiger charge is 2.12. The number of nitrogens with zero attached hydrogens (tertiary/aromatic N) is 3. The molecule has 1 aromatic heterocycles. The summed E-state index contributed by atoms with van der Waals surface area (Å²) in [5, 5.41) is 9.65. The molecule has 6 nitrogen and oxygen atoms in total. The molecule has 0 aliphatic carbocycles. The predicted octanol–water partition coefficient (Wildman–Crippen LogP) is 7.30. The number of benzene rings is 4. The summed E-state index contributed by atoms with van der Waals surface area (Å²) in [4.78, 5) is 12.7. The summed E-state index contributed by atoms with van der Waals surface area (Å²) in [6.07, 6.45) is 3.49. The van der Waals surface area contributed by atoms with Crippen LogP contribution in [0.25, 0.3) is 16.9 Å². The zero-order chi connectivity index (χ0) is 26.3. The number of ether oxygens (including phenoxy) is 1. The second-order valence-corrected chi connectivity index (χ2v) is 9.71. The molecule has 0 fully saturated rings. The summed E-state index contributed by atoms with van der Waals surface area (Å²) in [6, 6.07) is 32.1. The number of carbonyl (C=O) groups excluding carboxylic acids is 1. The quantitative estimate of drug-likeness (QED) is 0.153. The molecule has 0 atom stereocenters. The van der Waals surface area contributed by atoms with Crippen molar-refractivity contribution in [1.82, 2.24) is 15.2 Å². The second kappa shape index (κ2) is 11.9. The van der Waals surface area contributed by atoms with E-state index in [4.69, 9.17) is 21.4 Å². The maximum Gasteiger partial charge on any atom is 0.271 e. The van der Waals surface area contributed by atoms with Gasteiger partial charge in [-0.15, -0.1) is 0 Å². The van der Waals surface area contributed by atoms with Crippen LogP contribution in [0.5, 0.6) is 5.75 Å². The maximum absolute atomic E-state index is 12.7. The fourth-order valence-corrected chi connectivity index (χ4v) is 4.09. The molecule has 0 saturated carbocycles. The third-order valence-corrected chi connectivity index (χ3v) is 6.47. The van der Waals surface area contributed by atoms with Crippen molar-refractivity contribution in [3.63, 3.8) is 0 Å². The maximum atomic E-state index is 12.7. The molecule has 0 spiro atoms. The van der Waals surface area contributed by atoms with E-state index in [0.29, 0.717) is 22.9 Å². The van der Waals surface area contributed by atoms with Gasteiger partial charge in [-0.05, 0) is 66.2 Å². The lowest BCUT2D eigenvalue weighted by atomic mass is 10.1. The van der Waals surface area contributed by atoms with Gasteiger partial charge in [0.25, 0.3) is 5.91 Å². The van der Waals surface area contributed by atoms with E-state index in [0.717, 1.165) is 32.5 Å². The molecular weight excluding hydrogens is 564 g/mol. The van der Waals surface area contributed by atoms with Gasteiger partial charge in [-0.2, -0.15) is 10.2 Å². The molecule has 0 saturated heterocycles. The Morgan fingerprint density at radius 2 is 1.66 bits per heavy atom. The van der Waals surface area contributed by atoms with E-state index in [9.17, 15) is 4.79 Å². The molecule has 188 valence electrons. The van der Waals surface area contributed by atoms with E-state index >= 15 is 0 Å². The number of rotatable bonds is 8. The Hall–Kier alpha value is -4.20. The van der Waals surface area contributed by atoms with Crippen molar-refractivity contribution in [2.24, 2.45) is 5.10 Å². The average Bonchev–Trinajstić information content (AvgIpc) is 3.38. The number of nitrogens with one attached hydrogen (secondary N) is 1. The van der Waals surface area contributed by atoms with Gasteiger partial charge < -0.3 is 4.74 Å². The molecule has 1 amide bonds. The van der Waals surface area contributed by atoms with Crippen LogP contribution in [-0.4, -0.2) is 21.9 Å². The topological polar surface area (TPSA) is 68.5 Å². The van der Waals surface area contributed by atoms with E-state index in [1.807, 2.05) is 85.1 Å². The number of para-hydroxylation sites is 1. The highest BCUT2D eigenvalue weighted by molar-refractivity contribution is 9.10. The minimum Gasteiger partial charge on any atom is -0.489 e. The van der Waals surface area contributed by atoms with Gasteiger partial charge in [-0.1, -0.05) is 70.0 Å². The SMILES string of the molecule is O=C(N/N=C\c1cn(-c2ccccc2)nc1-c1ccc(Br)cc1)c1ccc(OCc2ccc(Cl)cc2)cc1. The average molecular weight is 586 g/mol. The largest absolute Gasteiger partial charge is 0.489 e. The van der Waals surface area contributed by atoms with E-state index in [1.54, 1.807) is 35.2 Å². The van der Waals surface area contributed by atoms with Crippen LogP contribution >= 0.6 is 27.5 Å². The summed E-state index contributed by atoms with van der Waals surface area (Å²) < 4.78 is 8.56. The number of amides is 1. The zero-order valence-electron chi connectivity index (χ0n) is 20.1. The number of hydrazone groups is 1. The number of aromatic nitrogens is 2. The second-order valence-electron chi connectivity index (χ2n) is 8.36. The molecule has 8 heteroatoms. The number of halogens is 2. The summed E-state index contributed by atoms with van der Waals surface area (Å²) in [7, 11) is 0. The molecule has 1 heterocycles. The number of hydrogen-bond acceptors (Lipinski definition) is 4. The van der Waals surface area contributed by atoms with Gasteiger partial charge in [0.15, 0.2) is 0 Å². The zero-order valence-corrected chi connectivity index (χ0v) is 22.4. The van der Waals surface area contributed by atoms with Crippen LogP contribution in [0.4, 0.5) is 0 Å². The molecule has 4 aromatic carbocycles. The predicted molar refractivity (Wildman–Crippen MR) is 154 cm³/mol. The van der Waals surface area contributed by atoms with Gasteiger partial charge in [-0.3, -0.25) is 4.79 Å². The first-order valence-corrected chi connectivity index (χ1v) is 12.9. The third kappa shape index (κ3) is 6.37. The van der Waals surface area contributed by atoms with Crippen LogP contribution in [0.1, 0.15) is 21.5 Å². The van der Waals surface area contributed by atoms with Crippen molar-refractivity contribution < 1.29 is 9.53 Å². The highest BCUT2D eigenvalue weighted by Crippen LogP contribution is 2.24. The van der Waals surface area contributed by atoms with Crippen LogP contribution in [0, 0.1) is 0 Å². The number of carbonyl (C=O) groups is 1. The van der Waals surface area contributed by atoms with E-state index in [2.05, 4.69) is 26.5 Å². The van der Waals surface area contributed by atoms with Crippen LogP contribution in [0.15, 0.2) is 119 Å². The molecule has 38 heavy (non-hydrogen) atoms. The Labute approximate surface area is 233 Å². The van der Waals surface area contributed by atoms with Crippen LogP contribution in [0.3, 0.4) is 0 Å². The molecule has 5 rings (SSSR count). The molecular formula is C30H22BrClN4O2. The van der Waals surface area contributed by atoms with Gasteiger partial charge in [0.1, 0.15) is 18.1 Å². The van der Waals surface area contributed by atoms with Gasteiger partial charge in [0.05, 0.1) is 11.9 Å². The van der Waals surface area contributed by atoms with Crippen molar-refractivity contribution in [2.75, 3.05) is 0 Å². The fraction of sp³-hybridized carbons (Fsp3) is 0.0333. The van der Waals surface area contributed by atoms with Crippen molar-refractivity contribution in [3.05, 3.63) is 136 Å². The Bertz CT molecular complexity index is 1550. The van der Waals surface area contributed by atoms with Crippen molar-refractivity contribution >= 4 is 39.7 Å². The van der Waals surface area contributed by atoms with E-state index < -0.39 is 0 Å². The molecule has 5 aromatic rings. The number of hydrogen-bond donors (Lipinski definition) is 1. The molecule has 0 aliphatic rings. The monoisotopic (exact) mass is 584 g/mol. The van der Waals surface area contributed by atoms with Crippen molar-refractivity contribution in [1.29, 1.82) is 0 Å². The van der Waals surface area contributed by atoms with E-state index in [1.165, 1.54) is 0 Å². The Morgan fingerprint density at radius 1 is 0.947 bits per heavy atom. The summed E-state index contributed by atoms with van der Waals surface area (Å²) in [5.41, 5.74) is 7.45. The molecule has 0 radical (unpaired) electrons. The smallest absolute Gasteiger partial charge is 0.271 e. The summed E-state index contributed by atoms with van der Waals surface area (Å²) in [5.74, 6) is 0.332. The first-order chi connectivity index (χ1) is 18.5. The van der Waals surface area contributed by atoms with Crippen LogP contribution in [0.2, 0.25) is 5.02 Å². The van der Waals surface area contributed by atoms with E-state index in [-0.39, 0.29) is 5.91 Å². The molecule has 0 aliphatic heterocycles. The van der Waals surface area contributed by atoms with Gasteiger partial charge in [0.2, 0.25) is 0 Å². The minimum atomic E-state index is -0.328. The van der Waals surface area contributed by atoms with Gasteiger partial charge in [-0.25, -0.2) is 10.1 Å². The molecule has 0 unspecified atom stereocenters. The summed E-state index contributed by atoms with van der Waals surface area (Å²) in [6.45, 7) is 0.407. The highest BCUT2D eigenvalue weighted by atomic mass is 79.9. The lowest BCUT2D eigenvalue weighted by Crippen LogP contribution is -2.17. The lowest BCUT2D eigenvalue weighted by molar-refractivity contribution is 0.0955. The standard InChI is InChI=1S/C30H22BrClN4O2/c31-25-12-8-22(9-13-25)29-24(19-36(35-29)27-4-2-1-3-5-27)18-33-34-30(37)23-10-16-28(17-11-23)38-20-21-6-14-26(32)15-7-21/h1-19H,20H2,(H,34,37)/b33-18-. The van der Waals surface area contributed by atoms with Crippen molar-refractivity contribution in [2.45, 2.75) is 6.61 Å². The Kier molecular flexibility index (Phi) is 7.97. The van der Waals surface area contributed by atoms with Crippen molar-refractivity contribution in [3.8, 4) is 22.7 Å². The van der Waals surface area contributed by atoms with Crippen LogP contribution < -0.4 is 10.2 Å². The summed E-state index contributed by atoms with van der Waals surface area (Å²) >= 11 is 9.39. The first kappa shape index (κ1) is 25.4. The Balaban J connectivity index is 1.27. The van der Waals surface area contributed by atoms with Crippen LogP contribution in [-0.2, 0) is 6.61 Å². The first-order valence-electron chi connectivity index (χ1n) is 11.8. The molecule has 1 N–H and O–H groups in total. The normalized spacial score (nSPS) is 11.0. The molecule has 0 bridgehead atoms.